The van der Waals surface area contributed by atoms with Gasteiger partial charge in [-0.1, -0.05) is 19.9 Å². The van der Waals surface area contributed by atoms with E-state index in [0.29, 0.717) is 29.7 Å². The highest BCUT2D eigenvalue weighted by Gasteiger charge is 2.51. The van der Waals surface area contributed by atoms with E-state index in [1.165, 1.54) is 7.11 Å². The van der Waals surface area contributed by atoms with E-state index in [1.807, 2.05) is 47.6 Å². The Hall–Kier alpha value is -2.92. The molecule has 2 saturated heterocycles. The molecule has 2 atom stereocenters. The lowest BCUT2D eigenvalue weighted by molar-refractivity contribution is -0.135. The number of aromatic amines is 1. The number of ether oxygens (including phenoxy) is 1. The monoisotopic (exact) mass is 498 g/mol. The molecule has 4 rings (SSSR count). The van der Waals surface area contributed by atoms with Crippen molar-refractivity contribution in [1.82, 2.24) is 20.2 Å². The number of hydrogen-bond donors (Lipinski definition) is 2. The van der Waals surface area contributed by atoms with Crippen molar-refractivity contribution in [3.63, 3.8) is 0 Å². The van der Waals surface area contributed by atoms with Crippen LogP contribution >= 0.6 is 0 Å². The minimum atomic E-state index is -0.743. The van der Waals surface area contributed by atoms with E-state index in [2.05, 4.69) is 15.0 Å². The number of alkyl carbamates (subject to hydrolysis) is 1. The molecule has 11 heteroatoms. The average molecular weight is 498 g/mol. The predicted molar refractivity (Wildman–Crippen MR) is 136 cm³/mol. The second-order valence-electron chi connectivity index (χ2n) is 10.9. The molecule has 3 heterocycles. The van der Waals surface area contributed by atoms with Crippen LogP contribution in [0.25, 0.3) is 10.9 Å². The number of aromatic nitrogens is 2. The smallest absolute Gasteiger partial charge is 0.453 e. The quantitative estimate of drug-likeness (QED) is 0.607. The summed E-state index contributed by atoms with van der Waals surface area (Å²) in [5, 5.41) is 3.06. The topological polar surface area (TPSA) is 123 Å². The maximum Gasteiger partial charge on any atom is 0.494 e. The number of nitrogens with zero attached hydrogens (tertiary/aromatic N) is 2. The van der Waals surface area contributed by atoms with Gasteiger partial charge in [0.15, 0.2) is 0 Å². The van der Waals surface area contributed by atoms with Crippen molar-refractivity contribution in [3.05, 3.63) is 34.4 Å². The number of methoxy groups -OCH3 is 1. The zero-order valence-electron chi connectivity index (χ0n) is 22.0. The minimum absolute atomic E-state index is 0.144. The molecule has 0 aliphatic carbocycles. The number of H-pyrrole nitrogens is 1. The van der Waals surface area contributed by atoms with Crippen LogP contribution in [0.1, 0.15) is 66.3 Å². The van der Waals surface area contributed by atoms with Crippen molar-refractivity contribution < 1.29 is 23.6 Å². The number of benzene rings is 1. The summed E-state index contributed by atoms with van der Waals surface area (Å²) >= 11 is 0. The SMILES string of the molecule is COC(=O)N[C@H](C(=O)N1CCC[C@H]1c1nc2ccc(B3OC(C)(C)C(C)(C)O3)cc2c(=O)[nH]1)C(C)C. The summed E-state index contributed by atoms with van der Waals surface area (Å²) in [5.41, 5.74) is 0.00142. The third kappa shape index (κ3) is 4.73. The van der Waals surface area contributed by atoms with Crippen LogP contribution in [0.3, 0.4) is 0 Å². The van der Waals surface area contributed by atoms with E-state index >= 15 is 0 Å². The fourth-order valence-electron chi connectivity index (χ4n) is 4.65. The molecule has 194 valence electrons. The standard InChI is InChI=1S/C25H35BN4O6/c1-14(2)19(28-23(33)34-7)22(32)30-12-8-9-18(30)20-27-17-11-10-15(13-16(17)21(31)29-20)26-35-24(3,4)25(5,6)36-26/h10-11,13-14,18-19H,8-9,12H2,1-7H3,(H,28,33)(H,27,29,31)/t18-,19-/m0/s1. The molecule has 36 heavy (non-hydrogen) atoms. The van der Waals surface area contributed by atoms with Gasteiger partial charge in [0.05, 0.1) is 35.3 Å². The molecular weight excluding hydrogens is 463 g/mol. The molecule has 2 aliphatic heterocycles. The predicted octanol–water partition coefficient (Wildman–Crippen LogP) is 2.27. The number of nitrogens with one attached hydrogen (secondary N) is 2. The van der Waals surface area contributed by atoms with Gasteiger partial charge in [-0.2, -0.15) is 0 Å². The Morgan fingerprint density at radius 3 is 2.50 bits per heavy atom. The second kappa shape index (κ2) is 9.51. The van der Waals surface area contributed by atoms with Crippen molar-refractivity contribution >= 4 is 35.5 Å². The van der Waals surface area contributed by atoms with Gasteiger partial charge < -0.3 is 29.2 Å². The molecule has 1 aromatic heterocycles. The van der Waals surface area contributed by atoms with Gasteiger partial charge in [0.1, 0.15) is 11.9 Å². The molecule has 0 unspecified atom stereocenters. The molecule has 2 aliphatic rings. The Labute approximate surface area is 211 Å². The highest BCUT2D eigenvalue weighted by atomic mass is 16.7. The van der Waals surface area contributed by atoms with Crippen molar-refractivity contribution in [1.29, 1.82) is 0 Å². The van der Waals surface area contributed by atoms with Crippen molar-refractivity contribution in [3.8, 4) is 0 Å². The first kappa shape index (κ1) is 26.2. The number of carbonyl (C=O) groups excluding carboxylic acids is 2. The molecule has 2 aromatic rings. The molecule has 1 aromatic carbocycles. The summed E-state index contributed by atoms with van der Waals surface area (Å²) in [6.07, 6.45) is 0.768. The third-order valence-electron chi connectivity index (χ3n) is 7.52. The first-order valence-electron chi connectivity index (χ1n) is 12.4. The lowest BCUT2D eigenvalue weighted by atomic mass is 9.78. The Bertz CT molecular complexity index is 1210. The van der Waals surface area contributed by atoms with Crippen LogP contribution in [-0.2, 0) is 18.8 Å². The van der Waals surface area contributed by atoms with Crippen LogP contribution < -0.4 is 16.3 Å². The first-order valence-corrected chi connectivity index (χ1v) is 12.4. The van der Waals surface area contributed by atoms with Gasteiger partial charge >= 0.3 is 13.2 Å². The van der Waals surface area contributed by atoms with Crippen molar-refractivity contribution in [2.45, 2.75) is 77.7 Å². The van der Waals surface area contributed by atoms with Gasteiger partial charge in [-0.3, -0.25) is 9.59 Å². The van der Waals surface area contributed by atoms with E-state index < -0.39 is 36.5 Å². The maximum atomic E-state index is 13.4. The van der Waals surface area contributed by atoms with Gasteiger partial charge in [0.25, 0.3) is 5.56 Å². The Kier molecular flexibility index (Phi) is 6.91. The van der Waals surface area contributed by atoms with E-state index in [1.54, 1.807) is 17.0 Å². The number of carbonyl (C=O) groups is 2. The van der Waals surface area contributed by atoms with Gasteiger partial charge in [0, 0.05) is 6.54 Å². The Morgan fingerprint density at radius 1 is 1.22 bits per heavy atom. The summed E-state index contributed by atoms with van der Waals surface area (Å²) in [4.78, 5) is 47.6. The number of amides is 2. The highest BCUT2D eigenvalue weighted by Crippen LogP contribution is 2.36. The Balaban J connectivity index is 1.62. The van der Waals surface area contributed by atoms with Crippen molar-refractivity contribution in [2.75, 3.05) is 13.7 Å². The summed E-state index contributed by atoms with van der Waals surface area (Å²) < 4.78 is 16.9. The maximum absolute atomic E-state index is 13.4. The van der Waals surface area contributed by atoms with E-state index in [-0.39, 0.29) is 17.4 Å². The average Bonchev–Trinajstić information content (AvgIpc) is 3.38. The number of fused-ring (bicyclic) bond motifs is 1. The molecule has 0 radical (unpaired) electrons. The summed E-state index contributed by atoms with van der Waals surface area (Å²) in [6, 6.07) is 4.25. The van der Waals surface area contributed by atoms with Gasteiger partial charge in [-0.25, -0.2) is 9.78 Å². The molecule has 2 amide bonds. The van der Waals surface area contributed by atoms with Crippen LogP contribution in [0.15, 0.2) is 23.0 Å². The third-order valence-corrected chi connectivity index (χ3v) is 7.52. The molecule has 0 bridgehead atoms. The van der Waals surface area contributed by atoms with Gasteiger partial charge in [-0.15, -0.1) is 0 Å². The van der Waals surface area contributed by atoms with E-state index in [4.69, 9.17) is 14.3 Å². The molecule has 0 spiro atoms. The molecule has 10 nitrogen and oxygen atoms in total. The largest absolute Gasteiger partial charge is 0.494 e. The molecule has 0 saturated carbocycles. The van der Waals surface area contributed by atoms with Gasteiger partial charge in [0.2, 0.25) is 5.91 Å². The fraction of sp³-hybridized carbons (Fsp3) is 0.600. The minimum Gasteiger partial charge on any atom is -0.453 e. The number of hydrogen-bond acceptors (Lipinski definition) is 7. The van der Waals surface area contributed by atoms with Gasteiger partial charge in [-0.05, 0) is 64.1 Å². The Morgan fingerprint density at radius 2 is 1.89 bits per heavy atom. The fourth-order valence-corrected chi connectivity index (χ4v) is 4.65. The van der Waals surface area contributed by atoms with Crippen LogP contribution in [-0.4, -0.2) is 64.9 Å². The lowest BCUT2D eigenvalue weighted by Crippen LogP contribution is -2.51. The summed E-state index contributed by atoms with van der Waals surface area (Å²) in [5.74, 6) is 0.0638. The van der Waals surface area contributed by atoms with Crippen LogP contribution in [0.2, 0.25) is 0 Å². The number of rotatable bonds is 5. The van der Waals surface area contributed by atoms with Crippen molar-refractivity contribution in [2.24, 2.45) is 5.92 Å². The summed E-state index contributed by atoms with van der Waals surface area (Å²) in [7, 11) is 0.675. The first-order chi connectivity index (χ1) is 16.8. The van der Waals surface area contributed by atoms with Crippen LogP contribution in [0, 0.1) is 5.92 Å². The highest BCUT2D eigenvalue weighted by molar-refractivity contribution is 6.62. The van der Waals surface area contributed by atoms with Crippen LogP contribution in [0.4, 0.5) is 4.79 Å². The molecule has 2 fully saturated rings. The second-order valence-corrected chi connectivity index (χ2v) is 10.9. The van der Waals surface area contributed by atoms with Crippen LogP contribution in [0.5, 0.6) is 0 Å². The van der Waals surface area contributed by atoms with E-state index in [0.717, 1.165) is 11.9 Å². The normalized spacial score (nSPS) is 21.7. The zero-order valence-corrected chi connectivity index (χ0v) is 22.0. The van der Waals surface area contributed by atoms with E-state index in [9.17, 15) is 14.4 Å². The molecule has 2 N–H and O–H groups in total. The zero-order chi connectivity index (χ0) is 26.4. The summed E-state index contributed by atoms with van der Waals surface area (Å²) in [6.45, 7) is 12.1. The lowest BCUT2D eigenvalue weighted by Gasteiger charge is -2.32. The molecular formula is C25H35BN4O6. The number of likely N-dealkylation sites (tertiary alicyclic amines) is 1.